The van der Waals surface area contributed by atoms with Crippen molar-refractivity contribution in [2.45, 2.75) is 74.4 Å². The predicted octanol–water partition coefficient (Wildman–Crippen LogP) is 6.55. The molecule has 4 atom stereocenters. The number of rotatable bonds is 7. The monoisotopic (exact) mass is 585 g/mol. The van der Waals surface area contributed by atoms with Crippen LogP contribution in [-0.4, -0.2) is 40.4 Å². The van der Waals surface area contributed by atoms with Gasteiger partial charge in [-0.2, -0.15) is 0 Å². The van der Waals surface area contributed by atoms with Gasteiger partial charge in [0.1, 0.15) is 15.7 Å². The molecule has 2 aliphatic carbocycles. The molecule has 0 bridgehead atoms. The van der Waals surface area contributed by atoms with Crippen molar-refractivity contribution in [3.8, 4) is 5.75 Å². The summed E-state index contributed by atoms with van der Waals surface area (Å²) in [6, 6.07) is 20.8. The van der Waals surface area contributed by atoms with E-state index in [1.54, 1.807) is 0 Å². The van der Waals surface area contributed by atoms with Crippen LogP contribution in [0, 0.1) is 5.92 Å². The van der Waals surface area contributed by atoms with Gasteiger partial charge in [0.15, 0.2) is 0 Å². The number of halogens is 3. The molecule has 10 heteroatoms. The maximum Gasteiger partial charge on any atom is 0.573 e. The second kappa shape index (κ2) is 11.3. The van der Waals surface area contributed by atoms with E-state index in [-0.39, 0.29) is 16.7 Å². The number of para-hydroxylation sites is 2. The number of fused-ring (bicyclic) bond motifs is 2. The average molecular weight is 586 g/mol. The summed E-state index contributed by atoms with van der Waals surface area (Å²) in [7, 11) is -3.24. The molecule has 1 aliphatic heterocycles. The van der Waals surface area contributed by atoms with Crippen molar-refractivity contribution in [2.24, 2.45) is 10.3 Å². The molecule has 3 aliphatic rings. The molecule has 2 N–H and O–H groups in total. The number of aliphatic hydroxyl groups excluding tert-OH is 1. The highest BCUT2D eigenvalue weighted by Gasteiger charge is 2.40. The highest BCUT2D eigenvalue weighted by Crippen LogP contribution is 2.41. The number of aliphatic hydroxyl groups is 1. The van der Waals surface area contributed by atoms with E-state index in [1.807, 2.05) is 24.3 Å². The second-order valence-corrected chi connectivity index (χ2v) is 13.2. The van der Waals surface area contributed by atoms with Gasteiger partial charge in [0.2, 0.25) is 0 Å². The summed E-state index contributed by atoms with van der Waals surface area (Å²) in [4.78, 5) is 2.52. The lowest BCUT2D eigenvalue weighted by molar-refractivity contribution is -0.274. The number of ether oxygens (including phenoxy) is 1. The van der Waals surface area contributed by atoms with Crippen molar-refractivity contribution >= 4 is 21.3 Å². The molecule has 0 radical (unpaired) electrons. The zero-order chi connectivity index (χ0) is 28.6. The minimum Gasteiger partial charge on any atom is -0.406 e. The lowest BCUT2D eigenvalue weighted by atomic mass is 9.86. The molecular formula is C31H34F3N3O3S. The Balaban J connectivity index is 1.31. The molecule has 0 amide bonds. The van der Waals surface area contributed by atoms with Gasteiger partial charge in [-0.25, -0.2) is 13.3 Å². The quantitative estimate of drug-likeness (QED) is 0.330. The summed E-state index contributed by atoms with van der Waals surface area (Å²) in [6.07, 6.45) is 0.296. The molecule has 2 saturated carbocycles. The first-order chi connectivity index (χ1) is 19.7. The van der Waals surface area contributed by atoms with Gasteiger partial charge in [-0.1, -0.05) is 36.4 Å². The molecule has 2 fully saturated rings. The normalized spacial score (nSPS) is 24.0. The van der Waals surface area contributed by atoms with Crippen LogP contribution >= 0.6 is 0 Å². The van der Waals surface area contributed by atoms with Crippen molar-refractivity contribution in [3.63, 3.8) is 0 Å². The highest BCUT2D eigenvalue weighted by atomic mass is 32.2. The Morgan fingerprint density at radius 3 is 2.10 bits per heavy atom. The summed E-state index contributed by atoms with van der Waals surface area (Å²) >= 11 is 0. The first-order valence-corrected chi connectivity index (χ1v) is 15.7. The van der Waals surface area contributed by atoms with E-state index in [4.69, 9.17) is 0 Å². The number of hydrogen-bond acceptors (Lipinski definition) is 5. The lowest BCUT2D eigenvalue weighted by Crippen LogP contribution is -2.55. The van der Waals surface area contributed by atoms with Crippen LogP contribution in [0.5, 0.6) is 5.75 Å². The maximum absolute atomic E-state index is 14.4. The Morgan fingerprint density at radius 1 is 0.902 bits per heavy atom. The average Bonchev–Trinajstić information content (AvgIpc) is 3.79. The fraction of sp³-hybridized carbons (Fsp3) is 0.419. The third kappa shape index (κ3) is 6.24. The maximum atomic E-state index is 14.4. The fourth-order valence-electron chi connectivity index (χ4n) is 5.96. The van der Waals surface area contributed by atoms with Gasteiger partial charge in [0.05, 0.1) is 23.6 Å². The van der Waals surface area contributed by atoms with E-state index in [9.17, 15) is 22.5 Å². The van der Waals surface area contributed by atoms with Crippen molar-refractivity contribution < 1.29 is 27.2 Å². The minimum atomic E-state index is -4.82. The van der Waals surface area contributed by atoms with Gasteiger partial charge < -0.3 is 14.7 Å². The summed E-state index contributed by atoms with van der Waals surface area (Å²) in [5, 5.41) is 11.9. The van der Waals surface area contributed by atoms with Crippen molar-refractivity contribution in [1.82, 2.24) is 4.72 Å². The zero-order valence-corrected chi connectivity index (χ0v) is 23.4. The third-order valence-corrected chi connectivity index (χ3v) is 10.3. The standard InChI is InChI=1S/C31H34F3N3O3S/c32-31(33,34)40-24-16-18-25(19-17-24)41(39,35-20-21-12-13-21)36-26-8-5-11-29(30(26)38)37-27-9-3-1-6-22(27)14-15-23-7-2-4-10-28(23)37/h1-4,6-7,9-10,16-19,21,26,29-30,38H,5,8,11-15,20H2,(H,35,36,39)/t26-,29-,30+,41?/m0/s1. The van der Waals surface area contributed by atoms with Crippen LogP contribution in [-0.2, 0) is 22.8 Å². The third-order valence-electron chi connectivity index (χ3n) is 8.22. The summed E-state index contributed by atoms with van der Waals surface area (Å²) < 4.78 is 64.3. The van der Waals surface area contributed by atoms with Gasteiger partial charge in [-0.3, -0.25) is 0 Å². The largest absolute Gasteiger partial charge is 0.573 e. The van der Waals surface area contributed by atoms with E-state index in [0.29, 0.717) is 18.9 Å². The van der Waals surface area contributed by atoms with Crippen molar-refractivity contribution in [2.75, 3.05) is 11.4 Å². The molecular weight excluding hydrogens is 551 g/mol. The Labute approximate surface area is 238 Å². The highest BCUT2D eigenvalue weighted by molar-refractivity contribution is 7.91. The van der Waals surface area contributed by atoms with Gasteiger partial charge >= 0.3 is 6.36 Å². The topological polar surface area (TPSA) is 74.2 Å². The zero-order valence-electron chi connectivity index (χ0n) is 22.6. The van der Waals surface area contributed by atoms with E-state index in [0.717, 1.165) is 62.0 Å². The molecule has 1 heterocycles. The van der Waals surface area contributed by atoms with E-state index in [2.05, 4.69) is 43.0 Å². The fourth-order valence-corrected chi connectivity index (χ4v) is 7.91. The lowest BCUT2D eigenvalue weighted by Gasteiger charge is -2.43. The predicted molar refractivity (Wildman–Crippen MR) is 153 cm³/mol. The molecule has 41 heavy (non-hydrogen) atoms. The molecule has 6 rings (SSSR count). The summed E-state index contributed by atoms with van der Waals surface area (Å²) in [6.45, 7) is 0.395. The van der Waals surface area contributed by atoms with Crippen molar-refractivity contribution in [3.05, 3.63) is 83.9 Å². The number of alkyl halides is 3. The number of aryl methyl sites for hydroxylation is 2. The van der Waals surface area contributed by atoms with Gasteiger partial charge in [0, 0.05) is 17.4 Å². The van der Waals surface area contributed by atoms with Crippen LogP contribution in [0.15, 0.2) is 82.1 Å². The Hall–Kier alpha value is -3.08. The van der Waals surface area contributed by atoms with Gasteiger partial charge in [-0.15, -0.1) is 13.2 Å². The first-order valence-electron chi connectivity index (χ1n) is 14.2. The van der Waals surface area contributed by atoms with Crippen LogP contribution in [0.2, 0.25) is 0 Å². The Kier molecular flexibility index (Phi) is 7.74. The van der Waals surface area contributed by atoms with Gasteiger partial charge in [-0.05, 0) is 98.4 Å². The van der Waals surface area contributed by atoms with Crippen LogP contribution in [0.25, 0.3) is 0 Å². The van der Waals surface area contributed by atoms with Crippen LogP contribution in [0.3, 0.4) is 0 Å². The molecule has 6 nitrogen and oxygen atoms in total. The first kappa shape index (κ1) is 28.1. The molecule has 218 valence electrons. The van der Waals surface area contributed by atoms with Crippen LogP contribution in [0.1, 0.15) is 43.2 Å². The van der Waals surface area contributed by atoms with Crippen LogP contribution in [0.4, 0.5) is 24.5 Å². The smallest absolute Gasteiger partial charge is 0.406 e. The molecule has 1 unspecified atom stereocenters. The number of benzene rings is 3. The number of nitrogens with one attached hydrogen (secondary N) is 1. The Morgan fingerprint density at radius 2 is 1.51 bits per heavy atom. The second-order valence-electron chi connectivity index (χ2n) is 11.1. The molecule has 3 aromatic rings. The molecule has 0 aromatic heterocycles. The molecule has 3 aromatic carbocycles. The van der Waals surface area contributed by atoms with E-state index in [1.165, 1.54) is 23.3 Å². The number of nitrogens with zero attached hydrogens (tertiary/aromatic N) is 2. The molecule has 0 spiro atoms. The van der Waals surface area contributed by atoms with E-state index >= 15 is 0 Å². The van der Waals surface area contributed by atoms with Crippen molar-refractivity contribution in [1.29, 1.82) is 0 Å². The molecule has 0 saturated heterocycles. The number of anilines is 2. The minimum absolute atomic E-state index is 0.267. The number of hydrogen-bond donors (Lipinski definition) is 2. The summed E-state index contributed by atoms with van der Waals surface area (Å²) in [5.41, 5.74) is 4.58. The SMILES string of the molecule is O=S(=NCC1CC1)(N[C@H]1CCC[C@H](N2c3ccccc3CCc3ccccc32)[C@@H]1O)c1ccc(OC(F)(F)F)cc1. The van der Waals surface area contributed by atoms with Gasteiger partial charge in [0.25, 0.3) is 0 Å². The van der Waals surface area contributed by atoms with Crippen LogP contribution < -0.4 is 14.4 Å². The Bertz CT molecular complexity index is 1450. The van der Waals surface area contributed by atoms with E-state index < -0.39 is 28.4 Å². The summed E-state index contributed by atoms with van der Waals surface area (Å²) in [5.74, 6) is -0.0268.